The van der Waals surface area contributed by atoms with Crippen LogP contribution >= 0.6 is 0 Å². The average molecular weight is 302 g/mol. The van der Waals surface area contributed by atoms with E-state index in [0.29, 0.717) is 10.8 Å². The van der Waals surface area contributed by atoms with Crippen molar-refractivity contribution >= 4 is 0 Å². The molecule has 0 saturated heterocycles. The third-order valence-electron chi connectivity index (χ3n) is 2.83. The zero-order chi connectivity index (χ0) is 16.8. The van der Waals surface area contributed by atoms with Crippen LogP contribution in [-0.4, -0.2) is 10.1 Å². The lowest BCUT2D eigenvalue weighted by Gasteiger charge is -2.16. The van der Waals surface area contributed by atoms with E-state index in [9.17, 15) is 0 Å². The highest BCUT2D eigenvalue weighted by Gasteiger charge is 2.13. The van der Waals surface area contributed by atoms with Crippen LogP contribution in [0.15, 0.2) is 35.0 Å². The highest BCUT2D eigenvalue weighted by atomic mass is 16.5. The summed E-state index contributed by atoms with van der Waals surface area (Å²) >= 11 is 0. The summed E-state index contributed by atoms with van der Waals surface area (Å²) in [5, 5.41) is 3.93. The van der Waals surface area contributed by atoms with Crippen molar-refractivity contribution in [1.82, 2.24) is 10.1 Å². The van der Waals surface area contributed by atoms with E-state index in [4.69, 9.17) is 4.52 Å². The number of rotatable bonds is 2. The van der Waals surface area contributed by atoms with Crippen molar-refractivity contribution in [3.63, 3.8) is 0 Å². The first-order valence-corrected chi connectivity index (χ1v) is 7.87. The molecule has 0 saturated carbocycles. The van der Waals surface area contributed by atoms with E-state index in [1.807, 2.05) is 31.3 Å². The summed E-state index contributed by atoms with van der Waals surface area (Å²) in [6.45, 7) is 15.2. The molecule has 0 aliphatic rings. The van der Waals surface area contributed by atoms with Crippen LogP contribution in [0.25, 0.3) is 0 Å². The van der Waals surface area contributed by atoms with Gasteiger partial charge in [-0.3, -0.25) is 4.98 Å². The maximum atomic E-state index is 4.96. The van der Waals surface area contributed by atoms with Gasteiger partial charge in [0.25, 0.3) is 0 Å². The van der Waals surface area contributed by atoms with Crippen molar-refractivity contribution in [3.05, 3.63) is 47.6 Å². The Balaban J connectivity index is 0.000000220. The van der Waals surface area contributed by atoms with Gasteiger partial charge in [0.2, 0.25) is 0 Å². The predicted octanol–water partition coefficient (Wildman–Crippen LogP) is 5.24. The molecule has 22 heavy (non-hydrogen) atoms. The molecule has 0 unspecified atom stereocenters. The lowest BCUT2D eigenvalue weighted by molar-refractivity contribution is 0.362. The Morgan fingerprint density at radius 2 is 1.50 bits per heavy atom. The lowest BCUT2D eigenvalue weighted by atomic mass is 9.90. The first kappa shape index (κ1) is 18.4. The minimum atomic E-state index is 0.295. The highest BCUT2D eigenvalue weighted by molar-refractivity contribution is 5.05. The van der Waals surface area contributed by atoms with Crippen LogP contribution < -0.4 is 0 Å². The Bertz CT molecular complexity index is 545. The molecule has 0 N–H and O–H groups in total. The zero-order valence-corrected chi connectivity index (χ0v) is 15.1. The number of nitrogens with zero attached hydrogens (tertiary/aromatic N) is 2. The molecule has 2 aromatic rings. The third kappa shape index (κ3) is 8.60. The number of hydrogen-bond donors (Lipinski definition) is 0. The van der Waals surface area contributed by atoms with Crippen LogP contribution in [-0.2, 0) is 12.8 Å². The van der Waals surface area contributed by atoms with Crippen LogP contribution in [0.1, 0.15) is 58.7 Å². The van der Waals surface area contributed by atoms with Crippen molar-refractivity contribution in [2.75, 3.05) is 0 Å². The Morgan fingerprint density at radius 3 is 1.91 bits per heavy atom. The van der Waals surface area contributed by atoms with Crippen molar-refractivity contribution in [2.24, 2.45) is 10.8 Å². The standard InChI is InChI=1S/C10H15N.C9H15NO/c1-10(2,3)8-9-6-4-5-7-11-9;1-7-5-8(10-11-7)6-9(2,3)4/h4-7H,8H2,1-3H3;5H,6H2,1-4H3. The summed E-state index contributed by atoms with van der Waals surface area (Å²) in [7, 11) is 0. The lowest BCUT2D eigenvalue weighted by Crippen LogP contribution is -2.09. The van der Waals surface area contributed by atoms with Crippen molar-refractivity contribution in [3.8, 4) is 0 Å². The molecule has 0 aliphatic heterocycles. The van der Waals surface area contributed by atoms with E-state index in [0.717, 1.165) is 24.3 Å². The molecule has 2 heterocycles. The van der Waals surface area contributed by atoms with Gasteiger partial charge in [-0.25, -0.2) is 0 Å². The first-order valence-electron chi connectivity index (χ1n) is 7.87. The zero-order valence-electron chi connectivity index (χ0n) is 15.1. The summed E-state index contributed by atoms with van der Waals surface area (Å²) in [4.78, 5) is 4.26. The van der Waals surface area contributed by atoms with Crippen LogP contribution in [0, 0.1) is 17.8 Å². The molecular formula is C19H30N2O. The molecule has 0 bridgehead atoms. The Kier molecular flexibility index (Phi) is 6.34. The van der Waals surface area contributed by atoms with Gasteiger partial charge < -0.3 is 4.52 Å². The van der Waals surface area contributed by atoms with E-state index >= 15 is 0 Å². The number of aromatic nitrogens is 2. The molecule has 0 amide bonds. The molecule has 0 spiro atoms. The van der Waals surface area contributed by atoms with E-state index in [-0.39, 0.29) is 0 Å². The Hall–Kier alpha value is -1.64. The van der Waals surface area contributed by atoms with E-state index in [1.54, 1.807) is 0 Å². The fraction of sp³-hybridized carbons (Fsp3) is 0.579. The van der Waals surface area contributed by atoms with Crippen LogP contribution in [0.4, 0.5) is 0 Å². The minimum absolute atomic E-state index is 0.295. The van der Waals surface area contributed by atoms with Gasteiger partial charge in [0.15, 0.2) is 0 Å². The molecule has 3 heteroatoms. The molecule has 0 radical (unpaired) electrons. The molecular weight excluding hydrogens is 272 g/mol. The molecule has 3 nitrogen and oxygen atoms in total. The Morgan fingerprint density at radius 1 is 0.909 bits per heavy atom. The molecule has 0 aromatic carbocycles. The van der Waals surface area contributed by atoms with Crippen molar-refractivity contribution in [1.29, 1.82) is 0 Å². The van der Waals surface area contributed by atoms with Crippen molar-refractivity contribution in [2.45, 2.75) is 61.3 Å². The van der Waals surface area contributed by atoms with E-state index < -0.39 is 0 Å². The second kappa shape index (κ2) is 7.57. The quantitative estimate of drug-likeness (QED) is 0.761. The van der Waals surface area contributed by atoms with E-state index in [2.05, 4.69) is 57.7 Å². The van der Waals surface area contributed by atoms with Crippen molar-refractivity contribution < 1.29 is 4.52 Å². The average Bonchev–Trinajstić information content (AvgIpc) is 2.72. The summed E-state index contributed by atoms with van der Waals surface area (Å²) < 4.78 is 4.96. The van der Waals surface area contributed by atoms with Gasteiger partial charge in [-0.1, -0.05) is 52.8 Å². The fourth-order valence-electron chi connectivity index (χ4n) is 2.09. The number of aryl methyl sites for hydroxylation is 1. The second-order valence-electron chi connectivity index (χ2n) is 8.22. The molecule has 0 fully saturated rings. The summed E-state index contributed by atoms with van der Waals surface area (Å²) in [6, 6.07) is 8.05. The van der Waals surface area contributed by atoms with Gasteiger partial charge in [0.05, 0.1) is 5.69 Å². The maximum Gasteiger partial charge on any atom is 0.133 e. The highest BCUT2D eigenvalue weighted by Crippen LogP contribution is 2.20. The summed E-state index contributed by atoms with van der Waals surface area (Å²) in [5.41, 5.74) is 2.87. The van der Waals surface area contributed by atoms with Gasteiger partial charge in [0, 0.05) is 18.0 Å². The van der Waals surface area contributed by atoms with Crippen LogP contribution in [0.3, 0.4) is 0 Å². The van der Waals surface area contributed by atoms with Gasteiger partial charge in [-0.2, -0.15) is 0 Å². The largest absolute Gasteiger partial charge is 0.361 e. The number of pyridine rings is 1. The molecule has 0 atom stereocenters. The van der Waals surface area contributed by atoms with Gasteiger partial charge >= 0.3 is 0 Å². The third-order valence-corrected chi connectivity index (χ3v) is 2.83. The fourth-order valence-corrected chi connectivity index (χ4v) is 2.09. The smallest absolute Gasteiger partial charge is 0.133 e. The first-order chi connectivity index (χ1) is 10.1. The van der Waals surface area contributed by atoms with Gasteiger partial charge in [-0.05, 0) is 42.7 Å². The predicted molar refractivity (Wildman–Crippen MR) is 91.8 cm³/mol. The molecule has 122 valence electrons. The van der Waals surface area contributed by atoms with Crippen LogP contribution in [0.2, 0.25) is 0 Å². The summed E-state index contributed by atoms with van der Waals surface area (Å²) in [5.74, 6) is 0.893. The van der Waals surface area contributed by atoms with Gasteiger partial charge in [0.1, 0.15) is 5.76 Å². The SMILES string of the molecule is CC(C)(C)Cc1ccccn1.Cc1cc(CC(C)(C)C)no1. The molecule has 0 aliphatic carbocycles. The van der Waals surface area contributed by atoms with Crippen LogP contribution in [0.5, 0.6) is 0 Å². The Labute approximate surface area is 135 Å². The summed E-state index contributed by atoms with van der Waals surface area (Å²) in [6.07, 6.45) is 3.87. The molecule has 2 rings (SSSR count). The second-order valence-corrected chi connectivity index (χ2v) is 8.22. The van der Waals surface area contributed by atoms with E-state index in [1.165, 1.54) is 5.69 Å². The van der Waals surface area contributed by atoms with Gasteiger partial charge in [-0.15, -0.1) is 0 Å². The number of hydrogen-bond acceptors (Lipinski definition) is 3. The monoisotopic (exact) mass is 302 g/mol. The molecule has 2 aromatic heterocycles. The minimum Gasteiger partial charge on any atom is -0.361 e. The normalized spacial score (nSPS) is 11.8. The topological polar surface area (TPSA) is 38.9 Å². The maximum absolute atomic E-state index is 4.96.